The van der Waals surface area contributed by atoms with Crippen LogP contribution < -0.4 is 10.9 Å². The van der Waals surface area contributed by atoms with Crippen molar-refractivity contribution in [3.63, 3.8) is 0 Å². The highest BCUT2D eigenvalue weighted by Crippen LogP contribution is 2.16. The van der Waals surface area contributed by atoms with Crippen LogP contribution in [0.4, 0.5) is 4.79 Å². The van der Waals surface area contributed by atoms with Crippen LogP contribution in [0.15, 0.2) is 35.3 Å². The Bertz CT molecular complexity index is 1240. The molecule has 1 aliphatic heterocycles. The van der Waals surface area contributed by atoms with Crippen molar-refractivity contribution in [3.8, 4) is 0 Å². The van der Waals surface area contributed by atoms with Gasteiger partial charge in [0.15, 0.2) is 5.65 Å². The summed E-state index contributed by atoms with van der Waals surface area (Å²) in [6, 6.07) is 7.96. The number of aryl methyl sites for hydroxylation is 2. The Morgan fingerprint density at radius 3 is 2.70 bits per heavy atom. The summed E-state index contributed by atoms with van der Waals surface area (Å²) in [5, 5.41) is 5.90. The molecule has 1 aromatic carbocycles. The number of carbonyl (C=O) groups excluding carboxylic acids is 2. The highest BCUT2D eigenvalue weighted by Gasteiger charge is 2.26. The summed E-state index contributed by atoms with van der Waals surface area (Å²) in [7, 11) is 0. The summed E-state index contributed by atoms with van der Waals surface area (Å²) in [6.07, 6.45) is 2.95. The number of fused-ring (bicyclic) bond motifs is 1. The Balaban J connectivity index is 1.49. The van der Waals surface area contributed by atoms with Gasteiger partial charge < -0.3 is 15.0 Å². The van der Waals surface area contributed by atoms with Gasteiger partial charge in [-0.2, -0.15) is 0 Å². The van der Waals surface area contributed by atoms with Gasteiger partial charge in [0.2, 0.25) is 0 Å². The molecule has 174 valence electrons. The van der Waals surface area contributed by atoms with E-state index in [9.17, 15) is 14.4 Å². The van der Waals surface area contributed by atoms with Crippen LogP contribution in [-0.2, 0) is 11.2 Å². The highest BCUT2D eigenvalue weighted by atomic mass is 16.6. The number of aromatic nitrogens is 3. The van der Waals surface area contributed by atoms with E-state index in [0.29, 0.717) is 61.4 Å². The fourth-order valence-electron chi connectivity index (χ4n) is 4.24. The van der Waals surface area contributed by atoms with Crippen molar-refractivity contribution in [2.45, 2.75) is 46.1 Å². The summed E-state index contributed by atoms with van der Waals surface area (Å²) in [6.45, 7) is 6.98. The van der Waals surface area contributed by atoms with Crippen LogP contribution in [-0.4, -0.2) is 57.2 Å². The molecule has 0 saturated carbocycles. The van der Waals surface area contributed by atoms with E-state index >= 15 is 0 Å². The van der Waals surface area contributed by atoms with Crippen molar-refractivity contribution in [3.05, 3.63) is 68.8 Å². The third-order valence-corrected chi connectivity index (χ3v) is 6.03. The van der Waals surface area contributed by atoms with Crippen LogP contribution >= 0.6 is 0 Å². The maximum atomic E-state index is 13.1. The van der Waals surface area contributed by atoms with Crippen molar-refractivity contribution in [2.24, 2.45) is 0 Å². The second-order valence-corrected chi connectivity index (χ2v) is 8.43. The van der Waals surface area contributed by atoms with E-state index in [-0.39, 0.29) is 23.6 Å². The number of nitrogens with one attached hydrogen (secondary N) is 2. The molecule has 2 N–H and O–H groups in total. The summed E-state index contributed by atoms with van der Waals surface area (Å²) < 4.78 is 6.36. The van der Waals surface area contributed by atoms with Crippen molar-refractivity contribution < 1.29 is 14.3 Å². The fourth-order valence-corrected chi connectivity index (χ4v) is 4.24. The number of amides is 2. The number of H-pyrrole nitrogens is 1. The molecule has 3 heterocycles. The number of hydrogen-bond acceptors (Lipinski definition) is 5. The van der Waals surface area contributed by atoms with Gasteiger partial charge >= 0.3 is 6.09 Å². The molecule has 2 aromatic heterocycles. The molecule has 4 rings (SSSR count). The second kappa shape index (κ2) is 9.48. The number of nitrogens with zero attached hydrogens (tertiary/aromatic N) is 3. The number of benzene rings is 1. The molecule has 0 spiro atoms. The molecule has 0 radical (unpaired) electrons. The Kier molecular flexibility index (Phi) is 6.48. The largest absolute Gasteiger partial charge is 0.450 e. The Morgan fingerprint density at radius 2 is 2.00 bits per heavy atom. The number of hydrogen-bond donors (Lipinski definition) is 2. The van der Waals surface area contributed by atoms with E-state index < -0.39 is 0 Å². The van der Waals surface area contributed by atoms with Crippen LogP contribution in [0.3, 0.4) is 0 Å². The lowest BCUT2D eigenvalue weighted by Gasteiger charge is -2.31. The van der Waals surface area contributed by atoms with E-state index in [2.05, 4.69) is 21.5 Å². The smallest absolute Gasteiger partial charge is 0.409 e. The number of likely N-dealkylation sites (tertiary alicyclic amines) is 1. The van der Waals surface area contributed by atoms with E-state index in [4.69, 9.17) is 4.74 Å². The van der Waals surface area contributed by atoms with Gasteiger partial charge in [-0.3, -0.25) is 14.7 Å². The zero-order chi connectivity index (χ0) is 23.5. The molecule has 2 amide bonds. The van der Waals surface area contributed by atoms with Crippen LogP contribution in [0.5, 0.6) is 0 Å². The number of aromatic amines is 1. The quantitative estimate of drug-likeness (QED) is 0.620. The molecule has 9 heteroatoms. The maximum absolute atomic E-state index is 13.1. The first kappa shape index (κ1) is 22.6. The molecule has 0 unspecified atom stereocenters. The third kappa shape index (κ3) is 4.76. The molecule has 1 saturated heterocycles. The molecular weight excluding hydrogens is 422 g/mol. The lowest BCUT2D eigenvalue weighted by molar-refractivity contribution is 0.0861. The average molecular weight is 452 g/mol. The van der Waals surface area contributed by atoms with Gasteiger partial charge in [0.25, 0.3) is 11.5 Å². The van der Waals surface area contributed by atoms with Gasteiger partial charge in [-0.15, -0.1) is 0 Å². The summed E-state index contributed by atoms with van der Waals surface area (Å²) in [5.41, 5.74) is 3.80. The lowest BCUT2D eigenvalue weighted by atomic mass is 10.0. The van der Waals surface area contributed by atoms with Gasteiger partial charge in [0, 0.05) is 43.0 Å². The first-order chi connectivity index (χ1) is 15.9. The molecule has 33 heavy (non-hydrogen) atoms. The zero-order valence-electron chi connectivity index (χ0n) is 19.2. The predicted octanol–water partition coefficient (Wildman–Crippen LogP) is 2.58. The molecule has 3 aromatic rings. The van der Waals surface area contributed by atoms with Gasteiger partial charge in [0.05, 0.1) is 6.61 Å². The van der Waals surface area contributed by atoms with E-state index in [1.54, 1.807) is 18.7 Å². The van der Waals surface area contributed by atoms with E-state index in [1.165, 1.54) is 10.7 Å². The second-order valence-electron chi connectivity index (χ2n) is 8.43. The minimum Gasteiger partial charge on any atom is -0.450 e. The van der Waals surface area contributed by atoms with Crippen LogP contribution in [0.1, 0.15) is 52.5 Å². The van der Waals surface area contributed by atoms with Gasteiger partial charge in [-0.25, -0.2) is 14.3 Å². The first-order valence-corrected chi connectivity index (χ1v) is 11.2. The Hall–Kier alpha value is -3.62. The normalized spacial score (nSPS) is 14.5. The zero-order valence-corrected chi connectivity index (χ0v) is 19.2. The average Bonchev–Trinajstić information content (AvgIpc) is 3.21. The number of rotatable bonds is 5. The maximum Gasteiger partial charge on any atom is 0.409 e. The molecule has 1 fully saturated rings. The first-order valence-electron chi connectivity index (χ1n) is 11.2. The molecular formula is C24H29N5O4. The third-order valence-electron chi connectivity index (χ3n) is 6.03. The van der Waals surface area contributed by atoms with Crippen LogP contribution in [0.25, 0.3) is 5.65 Å². The number of piperidine rings is 1. The Labute approximate surface area is 191 Å². The van der Waals surface area contributed by atoms with Crippen molar-refractivity contribution in [2.75, 3.05) is 19.7 Å². The molecule has 9 nitrogen and oxygen atoms in total. The van der Waals surface area contributed by atoms with Gasteiger partial charge in [-0.1, -0.05) is 29.8 Å². The highest BCUT2D eigenvalue weighted by molar-refractivity contribution is 5.99. The SMILES string of the molecule is CCOC(=O)N1CCC(NC(=O)c2c[nH]n3c(=O)c(Cc4cccc(C)c4)c(C)nc23)CC1. The topological polar surface area (TPSA) is 109 Å². The Morgan fingerprint density at radius 1 is 1.24 bits per heavy atom. The van der Waals surface area contributed by atoms with E-state index in [0.717, 1.165) is 11.1 Å². The minimum atomic E-state index is -0.320. The van der Waals surface area contributed by atoms with E-state index in [1.807, 2.05) is 25.1 Å². The predicted molar refractivity (Wildman–Crippen MR) is 124 cm³/mol. The molecule has 1 aliphatic rings. The molecule has 0 atom stereocenters. The van der Waals surface area contributed by atoms with Crippen LogP contribution in [0.2, 0.25) is 0 Å². The summed E-state index contributed by atoms with van der Waals surface area (Å²) in [5.74, 6) is -0.291. The summed E-state index contributed by atoms with van der Waals surface area (Å²) >= 11 is 0. The van der Waals surface area contributed by atoms with Crippen molar-refractivity contribution in [1.29, 1.82) is 0 Å². The van der Waals surface area contributed by atoms with Crippen LogP contribution in [0, 0.1) is 13.8 Å². The van der Waals surface area contributed by atoms with Gasteiger partial charge in [0.1, 0.15) is 5.56 Å². The summed E-state index contributed by atoms with van der Waals surface area (Å²) in [4.78, 5) is 44.2. The molecule has 0 aliphatic carbocycles. The lowest BCUT2D eigenvalue weighted by Crippen LogP contribution is -2.46. The van der Waals surface area contributed by atoms with Gasteiger partial charge in [-0.05, 0) is 39.2 Å². The van der Waals surface area contributed by atoms with Crippen molar-refractivity contribution in [1.82, 2.24) is 24.8 Å². The van der Waals surface area contributed by atoms with Crippen molar-refractivity contribution >= 4 is 17.6 Å². The molecule has 0 bridgehead atoms. The fraction of sp³-hybridized carbons (Fsp3) is 0.417. The minimum absolute atomic E-state index is 0.0634. The number of carbonyl (C=O) groups is 2. The number of ether oxygens (including phenoxy) is 1. The standard InChI is InChI=1S/C24H29N5O4/c1-4-33-24(32)28-10-8-18(9-11-28)27-22(30)20-14-25-29-21(20)26-16(3)19(23(29)31)13-17-7-5-6-15(2)12-17/h5-7,12,14,18,25H,4,8-11,13H2,1-3H3,(H,27,30). The monoisotopic (exact) mass is 451 g/mol.